The summed E-state index contributed by atoms with van der Waals surface area (Å²) in [5.41, 5.74) is 0.783. The second-order valence-corrected chi connectivity index (χ2v) is 6.84. The lowest BCUT2D eigenvalue weighted by molar-refractivity contribution is -0.135. The summed E-state index contributed by atoms with van der Waals surface area (Å²) >= 11 is 6.69. The average molecular weight is 351 g/mol. The van der Waals surface area contributed by atoms with Crippen LogP contribution in [0.2, 0.25) is 5.02 Å². The van der Waals surface area contributed by atoms with Crippen molar-refractivity contribution in [3.8, 4) is 0 Å². The number of likely N-dealkylation sites (tertiary alicyclic amines) is 1. The third kappa shape index (κ3) is 3.59. The molecule has 2 aliphatic rings. The summed E-state index contributed by atoms with van der Waals surface area (Å²) in [6.45, 7) is 1.23. The van der Waals surface area contributed by atoms with E-state index in [1.807, 2.05) is 0 Å². The van der Waals surface area contributed by atoms with Gasteiger partial charge in [0.05, 0.1) is 4.91 Å². The first-order chi connectivity index (χ1) is 11.0. The number of carbonyl (C=O) groups is 3. The number of hydrogen-bond acceptors (Lipinski definition) is 4. The third-order valence-corrected chi connectivity index (χ3v) is 4.95. The largest absolute Gasteiger partial charge is 0.341 e. The molecule has 0 saturated carbocycles. The first-order valence-electron chi connectivity index (χ1n) is 7.33. The number of thioether (sulfide) groups is 1. The molecule has 2 fully saturated rings. The van der Waals surface area contributed by atoms with Crippen LogP contribution in [0.15, 0.2) is 29.2 Å². The van der Waals surface area contributed by atoms with Crippen LogP contribution in [0.5, 0.6) is 0 Å². The normalized spacial score (nSPS) is 20.0. The zero-order valence-electron chi connectivity index (χ0n) is 12.3. The summed E-state index contributed by atoms with van der Waals surface area (Å²) in [6, 6.07) is 6.97. The fourth-order valence-corrected chi connectivity index (χ4v) is 3.51. The molecule has 5 nitrogen and oxygen atoms in total. The van der Waals surface area contributed by atoms with Crippen LogP contribution in [-0.4, -0.2) is 46.5 Å². The van der Waals surface area contributed by atoms with E-state index in [1.54, 1.807) is 35.2 Å². The van der Waals surface area contributed by atoms with Gasteiger partial charge in [0.15, 0.2) is 0 Å². The van der Waals surface area contributed by atoms with Crippen LogP contribution in [0, 0.1) is 0 Å². The molecule has 120 valence electrons. The summed E-state index contributed by atoms with van der Waals surface area (Å²) < 4.78 is 0. The van der Waals surface area contributed by atoms with Gasteiger partial charge in [-0.15, -0.1) is 0 Å². The second kappa shape index (κ2) is 6.76. The van der Waals surface area contributed by atoms with Gasteiger partial charge >= 0.3 is 0 Å². The highest BCUT2D eigenvalue weighted by Gasteiger charge is 2.37. The molecule has 0 aliphatic carbocycles. The molecule has 7 heteroatoms. The fourth-order valence-electron chi connectivity index (χ4n) is 2.55. The van der Waals surface area contributed by atoms with Gasteiger partial charge < -0.3 is 4.90 Å². The maximum atomic E-state index is 12.4. The Bertz CT molecular complexity index is 681. The molecule has 0 bridgehead atoms. The van der Waals surface area contributed by atoms with E-state index in [0.29, 0.717) is 23.0 Å². The molecule has 0 spiro atoms. The Morgan fingerprint density at radius 1 is 1.17 bits per heavy atom. The van der Waals surface area contributed by atoms with Crippen LogP contribution in [0.1, 0.15) is 18.4 Å². The van der Waals surface area contributed by atoms with Crippen molar-refractivity contribution >= 4 is 46.5 Å². The van der Waals surface area contributed by atoms with E-state index in [9.17, 15) is 14.4 Å². The summed E-state index contributed by atoms with van der Waals surface area (Å²) in [6.07, 6.45) is 3.59. The maximum Gasteiger partial charge on any atom is 0.294 e. The van der Waals surface area contributed by atoms with Crippen molar-refractivity contribution in [1.29, 1.82) is 0 Å². The highest BCUT2D eigenvalue weighted by atomic mass is 35.5. The van der Waals surface area contributed by atoms with Crippen LogP contribution in [0.4, 0.5) is 4.79 Å². The van der Waals surface area contributed by atoms with Gasteiger partial charge in [-0.3, -0.25) is 19.3 Å². The number of hydrogen-bond donors (Lipinski definition) is 0. The third-order valence-electron chi connectivity index (χ3n) is 3.79. The van der Waals surface area contributed by atoms with Crippen molar-refractivity contribution in [2.75, 3.05) is 19.6 Å². The van der Waals surface area contributed by atoms with Gasteiger partial charge in [-0.25, -0.2) is 0 Å². The number of nitrogens with zero attached hydrogens (tertiary/aromatic N) is 2. The minimum Gasteiger partial charge on any atom is -0.341 e. The molecule has 2 aliphatic heterocycles. The second-order valence-electron chi connectivity index (χ2n) is 5.41. The van der Waals surface area contributed by atoms with Crippen LogP contribution in [0.3, 0.4) is 0 Å². The number of benzene rings is 1. The Morgan fingerprint density at radius 2 is 1.83 bits per heavy atom. The van der Waals surface area contributed by atoms with Crippen molar-refractivity contribution in [1.82, 2.24) is 9.80 Å². The van der Waals surface area contributed by atoms with E-state index in [4.69, 9.17) is 11.6 Å². The van der Waals surface area contributed by atoms with Gasteiger partial charge in [0.2, 0.25) is 5.91 Å². The van der Waals surface area contributed by atoms with Gasteiger partial charge in [0.1, 0.15) is 6.54 Å². The molecule has 23 heavy (non-hydrogen) atoms. The van der Waals surface area contributed by atoms with Crippen molar-refractivity contribution in [2.45, 2.75) is 12.8 Å². The Hall–Kier alpha value is -1.79. The Kier molecular flexibility index (Phi) is 4.73. The van der Waals surface area contributed by atoms with Gasteiger partial charge in [0, 0.05) is 18.1 Å². The fraction of sp³-hybridized carbons (Fsp3) is 0.312. The minimum absolute atomic E-state index is 0.169. The van der Waals surface area contributed by atoms with E-state index in [0.717, 1.165) is 35.1 Å². The zero-order valence-corrected chi connectivity index (χ0v) is 13.9. The van der Waals surface area contributed by atoms with Crippen molar-refractivity contribution < 1.29 is 14.4 Å². The molecular formula is C16H15ClN2O3S. The van der Waals surface area contributed by atoms with Crippen molar-refractivity contribution in [3.05, 3.63) is 39.8 Å². The summed E-state index contributed by atoms with van der Waals surface area (Å²) in [7, 11) is 0. The van der Waals surface area contributed by atoms with Gasteiger partial charge in [-0.1, -0.05) is 23.7 Å². The monoisotopic (exact) mass is 350 g/mol. The van der Waals surface area contributed by atoms with E-state index >= 15 is 0 Å². The van der Waals surface area contributed by atoms with Crippen molar-refractivity contribution in [2.24, 2.45) is 0 Å². The molecular weight excluding hydrogens is 336 g/mol. The molecule has 2 saturated heterocycles. The van der Waals surface area contributed by atoms with Crippen LogP contribution in [0.25, 0.3) is 6.08 Å². The first kappa shape index (κ1) is 16.1. The van der Waals surface area contributed by atoms with E-state index in [2.05, 4.69) is 0 Å². The first-order valence-corrected chi connectivity index (χ1v) is 8.53. The molecule has 1 aromatic carbocycles. The molecule has 0 unspecified atom stereocenters. The highest BCUT2D eigenvalue weighted by molar-refractivity contribution is 8.18. The SMILES string of the molecule is O=C(CN1C(=O)S/C(=C\c2ccc(Cl)cc2)C1=O)N1CCCC1. The predicted molar refractivity (Wildman–Crippen MR) is 89.9 cm³/mol. The lowest BCUT2D eigenvalue weighted by atomic mass is 10.2. The van der Waals surface area contributed by atoms with E-state index < -0.39 is 11.1 Å². The zero-order chi connectivity index (χ0) is 16.4. The van der Waals surface area contributed by atoms with Crippen LogP contribution < -0.4 is 0 Å². The molecule has 1 aromatic rings. The lowest BCUT2D eigenvalue weighted by Gasteiger charge is -2.18. The highest BCUT2D eigenvalue weighted by Crippen LogP contribution is 2.32. The topological polar surface area (TPSA) is 57.7 Å². The van der Waals surface area contributed by atoms with Gasteiger partial charge in [0.25, 0.3) is 11.1 Å². The molecule has 3 amide bonds. The standard InChI is InChI=1S/C16H15ClN2O3S/c17-12-5-3-11(4-6-12)9-13-15(21)19(16(22)23-13)10-14(20)18-7-1-2-8-18/h3-6,9H,1-2,7-8,10H2/b13-9-. The Balaban J connectivity index is 1.71. The molecule has 0 N–H and O–H groups in total. The van der Waals surface area contributed by atoms with Crippen LogP contribution >= 0.6 is 23.4 Å². The molecule has 0 atom stereocenters. The molecule has 0 aromatic heterocycles. The number of imide groups is 1. The number of carbonyl (C=O) groups excluding carboxylic acids is 3. The summed E-state index contributed by atoms with van der Waals surface area (Å²) in [4.78, 5) is 39.6. The quantitative estimate of drug-likeness (QED) is 0.786. The van der Waals surface area contributed by atoms with Gasteiger partial charge in [-0.2, -0.15) is 0 Å². The minimum atomic E-state index is -0.414. The Morgan fingerprint density at radius 3 is 2.48 bits per heavy atom. The molecule has 0 radical (unpaired) electrons. The number of halogens is 1. The maximum absolute atomic E-state index is 12.4. The van der Waals surface area contributed by atoms with Gasteiger partial charge in [-0.05, 0) is 48.4 Å². The van der Waals surface area contributed by atoms with Crippen LogP contribution in [-0.2, 0) is 9.59 Å². The van der Waals surface area contributed by atoms with E-state index in [-0.39, 0.29) is 12.5 Å². The average Bonchev–Trinajstić information content (AvgIpc) is 3.14. The smallest absolute Gasteiger partial charge is 0.294 e. The lowest BCUT2D eigenvalue weighted by Crippen LogP contribution is -2.40. The van der Waals surface area contributed by atoms with E-state index in [1.165, 1.54) is 0 Å². The number of amides is 3. The predicted octanol–water partition coefficient (Wildman–Crippen LogP) is 3.00. The molecule has 2 heterocycles. The summed E-state index contributed by atoms with van der Waals surface area (Å²) in [5, 5.41) is 0.203. The summed E-state index contributed by atoms with van der Waals surface area (Å²) in [5.74, 6) is -0.583. The molecule has 3 rings (SSSR count). The Labute approximate surface area is 143 Å². The van der Waals surface area contributed by atoms with Crippen molar-refractivity contribution in [3.63, 3.8) is 0 Å². The number of rotatable bonds is 3.